The number of rotatable bonds is 7. The molecule has 0 aliphatic heterocycles. The molecule has 8 heteroatoms. The lowest BCUT2D eigenvalue weighted by molar-refractivity contribution is -0.384. The van der Waals surface area contributed by atoms with Gasteiger partial charge in [0.2, 0.25) is 0 Å². The minimum absolute atomic E-state index is 0.128. The number of nitro benzene ring substituents is 1. The molecule has 4 aromatic rings. The summed E-state index contributed by atoms with van der Waals surface area (Å²) in [4.78, 5) is 22.9. The van der Waals surface area contributed by atoms with Crippen LogP contribution in [-0.2, 0) is 11.4 Å². The predicted octanol–water partition coefficient (Wildman–Crippen LogP) is 6.48. The van der Waals surface area contributed by atoms with E-state index in [2.05, 4.69) is 46.1 Å². The Balaban J connectivity index is 1.48. The highest BCUT2D eigenvalue weighted by Gasteiger charge is 2.13. The van der Waals surface area contributed by atoms with E-state index in [4.69, 9.17) is 4.74 Å². The second-order valence-electron chi connectivity index (χ2n) is 7.55. The predicted molar refractivity (Wildman–Crippen MR) is 143 cm³/mol. The number of fused-ring (bicyclic) bond motifs is 1. The zero-order chi connectivity index (χ0) is 24.8. The number of amides is 1. The molecular weight excluding hydrogens is 557 g/mol. The molecule has 7 nitrogen and oxygen atoms in total. The Morgan fingerprint density at radius 1 is 1.06 bits per heavy atom. The van der Waals surface area contributed by atoms with Crippen molar-refractivity contribution in [3.63, 3.8) is 0 Å². The average Bonchev–Trinajstić information content (AvgIpc) is 2.86. The fourth-order valence-electron chi connectivity index (χ4n) is 3.51. The monoisotopic (exact) mass is 575 g/mol. The Kier molecular flexibility index (Phi) is 7.38. The van der Waals surface area contributed by atoms with Crippen molar-refractivity contribution in [2.75, 3.05) is 5.32 Å². The number of hydrogen-bond acceptors (Lipinski definition) is 5. The van der Waals surface area contributed by atoms with Crippen molar-refractivity contribution in [3.05, 3.63) is 115 Å². The van der Waals surface area contributed by atoms with E-state index in [0.29, 0.717) is 17.9 Å². The smallest absolute Gasteiger partial charge is 0.271 e. The van der Waals surface area contributed by atoms with Gasteiger partial charge in [0.1, 0.15) is 24.0 Å². The standard InChI is InChI=1S/C27H18IN3O4/c28-25-14-18(13-21(16-29)27(32)30-22-8-4-9-23(15-22)31(33)34)11-12-26(25)35-17-20-7-3-6-19-5-1-2-10-24(19)20/h1-15H,17H2,(H,30,32)/b21-13+. The maximum Gasteiger partial charge on any atom is 0.271 e. The second kappa shape index (κ2) is 10.8. The normalized spacial score (nSPS) is 11.0. The van der Waals surface area contributed by atoms with Gasteiger partial charge < -0.3 is 10.1 Å². The molecule has 4 rings (SSSR count). The molecule has 1 N–H and O–H groups in total. The maximum absolute atomic E-state index is 12.5. The summed E-state index contributed by atoms with van der Waals surface area (Å²) in [6.07, 6.45) is 1.46. The van der Waals surface area contributed by atoms with Crippen molar-refractivity contribution in [1.82, 2.24) is 0 Å². The van der Waals surface area contributed by atoms with Crippen LogP contribution in [0.15, 0.2) is 90.5 Å². The maximum atomic E-state index is 12.5. The zero-order valence-corrected chi connectivity index (χ0v) is 20.4. The number of ether oxygens (including phenoxy) is 1. The summed E-state index contributed by atoms with van der Waals surface area (Å²) in [7, 11) is 0. The lowest BCUT2D eigenvalue weighted by Gasteiger charge is -2.11. The summed E-state index contributed by atoms with van der Waals surface area (Å²) in [5, 5.41) is 25.2. The number of anilines is 1. The van der Waals surface area contributed by atoms with E-state index in [-0.39, 0.29) is 16.9 Å². The van der Waals surface area contributed by atoms with Gasteiger partial charge in [0.05, 0.1) is 8.49 Å². The first-order chi connectivity index (χ1) is 16.9. The summed E-state index contributed by atoms with van der Waals surface area (Å²) in [5.74, 6) is 0.0366. The summed E-state index contributed by atoms with van der Waals surface area (Å²) in [6, 6.07) is 27.0. The third-order valence-electron chi connectivity index (χ3n) is 5.21. The largest absolute Gasteiger partial charge is 0.488 e. The quantitative estimate of drug-likeness (QED) is 0.0894. The van der Waals surface area contributed by atoms with Gasteiger partial charge in [-0.3, -0.25) is 14.9 Å². The number of halogens is 1. The first kappa shape index (κ1) is 23.9. The van der Waals surface area contributed by atoms with Gasteiger partial charge in [-0.15, -0.1) is 0 Å². The van der Waals surface area contributed by atoms with Crippen molar-refractivity contribution >= 4 is 56.7 Å². The van der Waals surface area contributed by atoms with Crippen LogP contribution in [0.2, 0.25) is 0 Å². The van der Waals surface area contributed by atoms with Crippen molar-refractivity contribution in [1.29, 1.82) is 5.26 Å². The van der Waals surface area contributed by atoms with Crippen LogP contribution in [0.3, 0.4) is 0 Å². The van der Waals surface area contributed by atoms with Gasteiger partial charge >= 0.3 is 0 Å². The van der Waals surface area contributed by atoms with Gasteiger partial charge in [-0.05, 0) is 68.8 Å². The highest BCUT2D eigenvalue weighted by Crippen LogP contribution is 2.26. The van der Waals surface area contributed by atoms with Crippen LogP contribution in [0.4, 0.5) is 11.4 Å². The Hall–Kier alpha value is -4.23. The van der Waals surface area contributed by atoms with Gasteiger partial charge in [-0.2, -0.15) is 5.26 Å². The third kappa shape index (κ3) is 5.83. The lowest BCUT2D eigenvalue weighted by atomic mass is 10.1. The number of nitro groups is 1. The van der Waals surface area contributed by atoms with Crippen LogP contribution >= 0.6 is 22.6 Å². The van der Waals surface area contributed by atoms with Crippen molar-refractivity contribution in [2.24, 2.45) is 0 Å². The number of benzene rings is 4. The number of carbonyl (C=O) groups excluding carboxylic acids is 1. The van der Waals surface area contributed by atoms with Crippen LogP contribution < -0.4 is 10.1 Å². The number of carbonyl (C=O) groups is 1. The fourth-order valence-corrected chi connectivity index (χ4v) is 4.20. The number of non-ortho nitro benzene ring substituents is 1. The molecule has 0 bridgehead atoms. The van der Waals surface area contributed by atoms with Gasteiger partial charge in [-0.1, -0.05) is 54.6 Å². The first-order valence-electron chi connectivity index (χ1n) is 10.5. The third-order valence-corrected chi connectivity index (χ3v) is 6.05. The van der Waals surface area contributed by atoms with Crippen LogP contribution in [-0.4, -0.2) is 10.8 Å². The molecule has 35 heavy (non-hydrogen) atoms. The molecule has 0 aromatic heterocycles. The molecule has 0 aliphatic rings. The summed E-state index contributed by atoms with van der Waals surface area (Å²) < 4.78 is 6.87. The molecule has 0 saturated heterocycles. The van der Waals surface area contributed by atoms with Crippen LogP contribution in [0.25, 0.3) is 16.8 Å². The highest BCUT2D eigenvalue weighted by atomic mass is 127. The second-order valence-corrected chi connectivity index (χ2v) is 8.71. The van der Waals surface area contributed by atoms with E-state index in [1.165, 1.54) is 30.3 Å². The molecule has 0 aliphatic carbocycles. The fraction of sp³-hybridized carbons (Fsp3) is 0.0370. The van der Waals surface area contributed by atoms with Gasteiger partial charge in [0.25, 0.3) is 11.6 Å². The molecule has 0 heterocycles. The summed E-state index contributed by atoms with van der Waals surface area (Å²) >= 11 is 2.15. The Morgan fingerprint density at radius 3 is 2.60 bits per heavy atom. The SMILES string of the molecule is N#C/C(=C\c1ccc(OCc2cccc3ccccc23)c(I)c1)C(=O)Nc1cccc([N+](=O)[O-])c1. The summed E-state index contributed by atoms with van der Waals surface area (Å²) in [6.45, 7) is 0.404. The Labute approximate surface area is 214 Å². The molecule has 0 radical (unpaired) electrons. The van der Waals surface area contributed by atoms with E-state index < -0.39 is 10.8 Å². The van der Waals surface area contributed by atoms with Crippen LogP contribution in [0.1, 0.15) is 11.1 Å². The minimum atomic E-state index is -0.653. The summed E-state index contributed by atoms with van der Waals surface area (Å²) in [5.41, 5.74) is 1.68. The Bertz CT molecular complexity index is 1500. The van der Waals surface area contributed by atoms with E-state index in [0.717, 1.165) is 19.9 Å². The molecule has 0 spiro atoms. The lowest BCUT2D eigenvalue weighted by Crippen LogP contribution is -2.13. The Morgan fingerprint density at radius 2 is 1.83 bits per heavy atom. The van der Waals surface area contributed by atoms with Gasteiger partial charge in [0, 0.05) is 17.8 Å². The molecule has 0 fully saturated rings. The molecule has 0 unspecified atom stereocenters. The zero-order valence-electron chi connectivity index (χ0n) is 18.3. The number of nitrogens with one attached hydrogen (secondary N) is 1. The average molecular weight is 575 g/mol. The molecular formula is C27H18IN3O4. The topological polar surface area (TPSA) is 105 Å². The van der Waals surface area contributed by atoms with Gasteiger partial charge in [0.15, 0.2) is 0 Å². The van der Waals surface area contributed by atoms with Crippen LogP contribution in [0, 0.1) is 25.0 Å². The molecule has 0 atom stereocenters. The number of nitriles is 1. The molecule has 0 saturated carbocycles. The van der Waals surface area contributed by atoms with Gasteiger partial charge in [-0.25, -0.2) is 0 Å². The van der Waals surface area contributed by atoms with Crippen molar-refractivity contribution < 1.29 is 14.5 Å². The van der Waals surface area contributed by atoms with E-state index in [9.17, 15) is 20.2 Å². The minimum Gasteiger partial charge on any atom is -0.488 e. The van der Waals surface area contributed by atoms with E-state index in [1.807, 2.05) is 36.4 Å². The van der Waals surface area contributed by atoms with Crippen molar-refractivity contribution in [2.45, 2.75) is 6.61 Å². The molecule has 4 aromatic carbocycles. The first-order valence-corrected chi connectivity index (χ1v) is 11.6. The number of nitrogens with zero attached hydrogens (tertiary/aromatic N) is 2. The molecule has 172 valence electrons. The molecule has 1 amide bonds. The van der Waals surface area contributed by atoms with E-state index in [1.54, 1.807) is 12.1 Å². The number of hydrogen-bond donors (Lipinski definition) is 1. The van der Waals surface area contributed by atoms with Crippen LogP contribution in [0.5, 0.6) is 5.75 Å². The van der Waals surface area contributed by atoms with Crippen molar-refractivity contribution in [3.8, 4) is 11.8 Å². The highest BCUT2D eigenvalue weighted by molar-refractivity contribution is 14.1. The van der Waals surface area contributed by atoms with E-state index >= 15 is 0 Å².